The number of hydrogen-bond acceptors (Lipinski definition) is 5. The molecule has 0 aliphatic carbocycles. The first kappa shape index (κ1) is 18.9. The number of urea groups is 1. The average Bonchev–Trinajstić information content (AvgIpc) is 3.21. The predicted octanol–water partition coefficient (Wildman–Crippen LogP) is 2.36. The number of hydrogen-bond donors (Lipinski definition) is 2. The Morgan fingerprint density at radius 3 is 3.00 bits per heavy atom. The van der Waals surface area contributed by atoms with E-state index in [4.69, 9.17) is 4.74 Å². The minimum Gasteiger partial charge on any atom is -0.377 e. The predicted molar refractivity (Wildman–Crippen MR) is 95.0 cm³/mol. The zero-order valence-corrected chi connectivity index (χ0v) is 15.1. The molecule has 3 amide bonds. The van der Waals surface area contributed by atoms with Crippen LogP contribution < -0.4 is 10.6 Å². The van der Waals surface area contributed by atoms with Gasteiger partial charge in [-0.05, 0) is 30.7 Å². The van der Waals surface area contributed by atoms with Crippen LogP contribution >= 0.6 is 11.3 Å². The van der Waals surface area contributed by atoms with Gasteiger partial charge in [-0.1, -0.05) is 19.4 Å². The lowest BCUT2D eigenvalue weighted by Gasteiger charge is -2.24. The molecule has 7 heteroatoms. The van der Waals surface area contributed by atoms with Crippen LogP contribution in [0.5, 0.6) is 0 Å². The Morgan fingerprint density at radius 2 is 2.33 bits per heavy atom. The van der Waals surface area contributed by atoms with E-state index < -0.39 is 6.03 Å². The van der Waals surface area contributed by atoms with E-state index in [0.29, 0.717) is 19.6 Å². The van der Waals surface area contributed by atoms with E-state index in [9.17, 15) is 9.59 Å². The fourth-order valence-corrected chi connectivity index (χ4v) is 3.42. The number of nitrogens with one attached hydrogen (secondary N) is 2. The van der Waals surface area contributed by atoms with Gasteiger partial charge in [-0.25, -0.2) is 4.79 Å². The molecule has 24 heavy (non-hydrogen) atoms. The molecule has 2 rings (SSSR count). The molecule has 0 saturated carbocycles. The average molecular weight is 353 g/mol. The summed E-state index contributed by atoms with van der Waals surface area (Å²) in [6.45, 7) is 5.04. The Balaban J connectivity index is 1.81. The van der Waals surface area contributed by atoms with Crippen molar-refractivity contribution < 1.29 is 14.3 Å². The van der Waals surface area contributed by atoms with Gasteiger partial charge in [0.25, 0.3) is 0 Å². The van der Waals surface area contributed by atoms with Crippen LogP contribution in [0.25, 0.3) is 0 Å². The van der Waals surface area contributed by atoms with Crippen LogP contribution in [0.1, 0.15) is 37.5 Å². The van der Waals surface area contributed by atoms with Crippen molar-refractivity contribution in [3.8, 4) is 0 Å². The summed E-state index contributed by atoms with van der Waals surface area (Å²) < 4.78 is 5.68. The third-order valence-corrected chi connectivity index (χ3v) is 4.74. The number of amides is 3. The quantitative estimate of drug-likeness (QED) is 0.669. The van der Waals surface area contributed by atoms with E-state index in [1.54, 1.807) is 11.3 Å². The molecule has 1 aliphatic rings. The second-order valence-electron chi connectivity index (χ2n) is 6.04. The fraction of sp³-hybridized carbons (Fsp3) is 0.647. The summed E-state index contributed by atoms with van der Waals surface area (Å²) in [5.41, 5.74) is 0. The molecule has 1 aromatic rings. The van der Waals surface area contributed by atoms with Crippen molar-refractivity contribution in [2.45, 2.75) is 45.3 Å². The Kier molecular flexibility index (Phi) is 8.21. The van der Waals surface area contributed by atoms with Gasteiger partial charge in [-0.2, -0.15) is 0 Å². The van der Waals surface area contributed by atoms with Crippen LogP contribution in [0, 0.1) is 0 Å². The van der Waals surface area contributed by atoms with Gasteiger partial charge < -0.3 is 10.1 Å². The number of unbranched alkanes of at least 4 members (excludes halogenated alkanes) is 1. The largest absolute Gasteiger partial charge is 0.377 e. The standard InChI is InChI=1S/C17H27N3O3S/c1-2-3-8-18-17(22)19-16(21)13-20(11-14-6-4-9-23-14)12-15-7-5-10-24-15/h5,7,10,14H,2-4,6,8-9,11-13H2,1H3,(H2,18,19,21,22)/t14-/m0/s1. The van der Waals surface area contributed by atoms with Crippen LogP contribution in [0.2, 0.25) is 0 Å². The summed E-state index contributed by atoms with van der Waals surface area (Å²) in [5.74, 6) is -0.279. The molecule has 2 N–H and O–H groups in total. The molecular formula is C17H27N3O3S. The summed E-state index contributed by atoms with van der Waals surface area (Å²) in [7, 11) is 0. The third kappa shape index (κ3) is 6.98. The minimum absolute atomic E-state index is 0.177. The maximum absolute atomic E-state index is 12.1. The van der Waals surface area contributed by atoms with Crippen molar-refractivity contribution in [3.05, 3.63) is 22.4 Å². The summed E-state index contributed by atoms with van der Waals surface area (Å²) in [5, 5.41) is 7.13. The second-order valence-corrected chi connectivity index (χ2v) is 7.07. The number of rotatable bonds is 9. The van der Waals surface area contributed by atoms with Gasteiger partial charge in [-0.15, -0.1) is 11.3 Å². The molecule has 6 nitrogen and oxygen atoms in total. The summed E-state index contributed by atoms with van der Waals surface area (Å²) in [6.07, 6.45) is 4.19. The van der Waals surface area contributed by atoms with Gasteiger partial charge in [0.05, 0.1) is 12.6 Å². The first-order valence-electron chi connectivity index (χ1n) is 8.61. The topological polar surface area (TPSA) is 70.7 Å². The Hall–Kier alpha value is -1.44. The van der Waals surface area contributed by atoms with Crippen LogP contribution in [0.3, 0.4) is 0 Å². The van der Waals surface area contributed by atoms with Crippen LogP contribution in [-0.4, -0.2) is 49.2 Å². The number of carbonyl (C=O) groups is 2. The SMILES string of the molecule is CCCCNC(=O)NC(=O)CN(Cc1cccs1)C[C@@H]1CCCO1. The number of nitrogens with zero attached hydrogens (tertiary/aromatic N) is 1. The summed E-state index contributed by atoms with van der Waals surface area (Å²) >= 11 is 1.67. The van der Waals surface area contributed by atoms with Crippen LogP contribution in [0.15, 0.2) is 17.5 Å². The van der Waals surface area contributed by atoms with E-state index in [1.165, 1.54) is 4.88 Å². The van der Waals surface area contributed by atoms with Gasteiger partial charge in [0.1, 0.15) is 0 Å². The van der Waals surface area contributed by atoms with Crippen molar-refractivity contribution in [1.29, 1.82) is 0 Å². The molecule has 2 heterocycles. The van der Waals surface area contributed by atoms with E-state index in [1.807, 2.05) is 11.4 Å². The maximum Gasteiger partial charge on any atom is 0.321 e. The van der Waals surface area contributed by atoms with Gasteiger partial charge in [0.2, 0.25) is 5.91 Å². The molecule has 0 spiro atoms. The highest BCUT2D eigenvalue weighted by atomic mass is 32.1. The van der Waals surface area contributed by atoms with Gasteiger partial charge in [0, 0.05) is 31.1 Å². The van der Waals surface area contributed by atoms with Crippen molar-refractivity contribution in [2.75, 3.05) is 26.2 Å². The molecule has 1 aliphatic heterocycles. The zero-order chi connectivity index (χ0) is 17.2. The molecule has 0 bridgehead atoms. The fourth-order valence-electron chi connectivity index (χ4n) is 2.68. The van der Waals surface area contributed by atoms with Gasteiger partial charge >= 0.3 is 6.03 Å². The highest BCUT2D eigenvalue weighted by Crippen LogP contribution is 2.16. The smallest absolute Gasteiger partial charge is 0.321 e. The summed E-state index contributed by atoms with van der Waals surface area (Å²) in [4.78, 5) is 27.1. The lowest BCUT2D eigenvalue weighted by atomic mass is 10.2. The van der Waals surface area contributed by atoms with Crippen molar-refractivity contribution in [1.82, 2.24) is 15.5 Å². The zero-order valence-electron chi connectivity index (χ0n) is 14.3. The van der Waals surface area contributed by atoms with Gasteiger partial charge in [0.15, 0.2) is 0 Å². The number of thiophene rings is 1. The van der Waals surface area contributed by atoms with Crippen LogP contribution in [-0.2, 0) is 16.1 Å². The van der Waals surface area contributed by atoms with E-state index in [-0.39, 0.29) is 18.6 Å². The number of imide groups is 1. The number of carbonyl (C=O) groups excluding carboxylic acids is 2. The minimum atomic E-state index is -0.415. The molecule has 0 aromatic carbocycles. The monoisotopic (exact) mass is 353 g/mol. The molecule has 1 aromatic heterocycles. The van der Waals surface area contributed by atoms with Crippen LogP contribution in [0.4, 0.5) is 4.79 Å². The van der Waals surface area contributed by atoms with Gasteiger partial charge in [-0.3, -0.25) is 15.0 Å². The molecule has 1 atom stereocenters. The highest BCUT2D eigenvalue weighted by Gasteiger charge is 2.21. The van der Waals surface area contributed by atoms with Crippen molar-refractivity contribution >= 4 is 23.3 Å². The maximum atomic E-state index is 12.1. The van der Waals surface area contributed by atoms with E-state index in [0.717, 1.165) is 32.3 Å². The molecule has 0 radical (unpaired) electrons. The second kappa shape index (κ2) is 10.4. The highest BCUT2D eigenvalue weighted by molar-refractivity contribution is 7.09. The van der Waals surface area contributed by atoms with E-state index in [2.05, 4.69) is 28.5 Å². The molecule has 1 fully saturated rings. The normalized spacial score (nSPS) is 17.2. The summed E-state index contributed by atoms with van der Waals surface area (Å²) in [6, 6.07) is 3.65. The molecular weight excluding hydrogens is 326 g/mol. The van der Waals surface area contributed by atoms with E-state index >= 15 is 0 Å². The first-order chi connectivity index (χ1) is 11.7. The van der Waals surface area contributed by atoms with Crippen molar-refractivity contribution in [2.24, 2.45) is 0 Å². The number of ether oxygens (including phenoxy) is 1. The molecule has 1 saturated heterocycles. The Bertz CT molecular complexity index is 501. The first-order valence-corrected chi connectivity index (χ1v) is 9.49. The third-order valence-electron chi connectivity index (χ3n) is 3.88. The molecule has 134 valence electrons. The lowest BCUT2D eigenvalue weighted by Crippen LogP contribution is -2.45. The Labute approximate surface area is 147 Å². The van der Waals surface area contributed by atoms with Crippen molar-refractivity contribution in [3.63, 3.8) is 0 Å². The Morgan fingerprint density at radius 1 is 1.46 bits per heavy atom. The lowest BCUT2D eigenvalue weighted by molar-refractivity contribution is -0.121. The molecule has 0 unspecified atom stereocenters.